The lowest BCUT2D eigenvalue weighted by atomic mass is 10.1. The summed E-state index contributed by atoms with van der Waals surface area (Å²) < 4.78 is 40.1. The number of nitriles is 1. The van der Waals surface area contributed by atoms with Crippen molar-refractivity contribution in [2.45, 2.75) is 19.1 Å². The van der Waals surface area contributed by atoms with Crippen molar-refractivity contribution < 1.29 is 22.8 Å². The van der Waals surface area contributed by atoms with Gasteiger partial charge in [-0.3, -0.25) is 14.3 Å². The van der Waals surface area contributed by atoms with E-state index in [1.807, 2.05) is 6.07 Å². The van der Waals surface area contributed by atoms with Gasteiger partial charge < -0.3 is 10.2 Å². The number of nitrogens with zero attached hydrogens (tertiary/aromatic N) is 4. The number of hydrogen-bond donors (Lipinski definition) is 1. The smallest absolute Gasteiger partial charge is 0.322 e. The number of aromatic nitrogens is 2. The standard InChI is InChI=1S/C26H18F3N5O2S/c27-26(28,29)22-9-8-20(37-22)13-16-4-6-19(7-5-16)33-10-11-34-23(25(33)36)21(15-31-34)24(35)32-18-3-1-2-17(12-18)14-30/h1-9,12,15H,10-11,13H2,(H,32,35). The molecule has 1 aliphatic heterocycles. The van der Waals surface area contributed by atoms with E-state index in [1.165, 1.54) is 23.0 Å². The molecule has 0 saturated carbocycles. The average molecular weight is 522 g/mol. The molecule has 0 aliphatic carbocycles. The fourth-order valence-corrected chi connectivity index (χ4v) is 5.01. The highest BCUT2D eigenvalue weighted by atomic mass is 32.1. The van der Waals surface area contributed by atoms with Gasteiger partial charge in [0.2, 0.25) is 0 Å². The van der Waals surface area contributed by atoms with E-state index in [9.17, 15) is 22.8 Å². The Balaban J connectivity index is 1.32. The highest BCUT2D eigenvalue weighted by molar-refractivity contribution is 7.12. The minimum Gasteiger partial charge on any atom is -0.322 e. The van der Waals surface area contributed by atoms with Crippen LogP contribution in [-0.2, 0) is 19.1 Å². The quantitative estimate of drug-likeness (QED) is 0.384. The van der Waals surface area contributed by atoms with Crippen molar-refractivity contribution in [2.24, 2.45) is 0 Å². The zero-order valence-corrected chi connectivity index (χ0v) is 19.9. The van der Waals surface area contributed by atoms with E-state index in [-0.39, 0.29) is 17.2 Å². The second-order valence-electron chi connectivity index (χ2n) is 8.34. The number of anilines is 2. The summed E-state index contributed by atoms with van der Waals surface area (Å²) in [5.74, 6) is -0.906. The van der Waals surface area contributed by atoms with Crippen LogP contribution >= 0.6 is 11.3 Å². The molecule has 2 aromatic carbocycles. The van der Waals surface area contributed by atoms with Gasteiger partial charge in [-0.05, 0) is 48.0 Å². The van der Waals surface area contributed by atoms with Crippen LogP contribution in [0.4, 0.5) is 24.5 Å². The average Bonchev–Trinajstić information content (AvgIpc) is 3.53. The molecule has 0 bridgehead atoms. The van der Waals surface area contributed by atoms with Gasteiger partial charge in [0, 0.05) is 29.2 Å². The third kappa shape index (κ3) is 4.96. The summed E-state index contributed by atoms with van der Waals surface area (Å²) in [7, 11) is 0. The maximum Gasteiger partial charge on any atom is 0.425 e. The minimum absolute atomic E-state index is 0.117. The lowest BCUT2D eigenvalue weighted by Gasteiger charge is -2.28. The molecule has 5 rings (SSSR count). The van der Waals surface area contributed by atoms with Crippen LogP contribution in [0.25, 0.3) is 0 Å². The van der Waals surface area contributed by atoms with Crippen molar-refractivity contribution in [2.75, 3.05) is 16.8 Å². The summed E-state index contributed by atoms with van der Waals surface area (Å²) in [6, 6.07) is 18.0. The zero-order chi connectivity index (χ0) is 26.2. The van der Waals surface area contributed by atoms with Crippen LogP contribution in [0.1, 0.15) is 41.7 Å². The van der Waals surface area contributed by atoms with Crippen molar-refractivity contribution >= 4 is 34.5 Å². The molecule has 0 radical (unpaired) electrons. The molecular formula is C26H18F3N5O2S. The van der Waals surface area contributed by atoms with E-state index in [0.717, 1.165) is 11.6 Å². The number of halogens is 3. The number of benzene rings is 2. The van der Waals surface area contributed by atoms with E-state index >= 15 is 0 Å². The number of carbonyl (C=O) groups is 2. The van der Waals surface area contributed by atoms with Gasteiger partial charge in [0.15, 0.2) is 0 Å². The van der Waals surface area contributed by atoms with Gasteiger partial charge in [-0.2, -0.15) is 23.5 Å². The lowest BCUT2D eigenvalue weighted by Crippen LogP contribution is -2.41. The first-order valence-corrected chi connectivity index (χ1v) is 12.0. The normalized spacial score (nSPS) is 13.2. The molecule has 2 amide bonds. The van der Waals surface area contributed by atoms with Crippen LogP contribution in [0, 0.1) is 11.3 Å². The third-order valence-corrected chi connectivity index (χ3v) is 7.01. The summed E-state index contributed by atoms with van der Waals surface area (Å²) in [4.78, 5) is 27.8. The highest BCUT2D eigenvalue weighted by Crippen LogP contribution is 2.35. The molecule has 4 aromatic rings. The second kappa shape index (κ2) is 9.55. The Labute approximate surface area is 213 Å². The summed E-state index contributed by atoms with van der Waals surface area (Å²) in [6.45, 7) is 0.730. The Kier molecular flexibility index (Phi) is 6.27. The van der Waals surface area contributed by atoms with Crippen LogP contribution in [0.15, 0.2) is 66.9 Å². The highest BCUT2D eigenvalue weighted by Gasteiger charge is 2.33. The van der Waals surface area contributed by atoms with Crippen LogP contribution in [-0.4, -0.2) is 28.1 Å². The van der Waals surface area contributed by atoms with Crippen LogP contribution in [0.5, 0.6) is 0 Å². The van der Waals surface area contributed by atoms with Gasteiger partial charge in [-0.25, -0.2) is 0 Å². The molecule has 11 heteroatoms. The Bertz CT molecular complexity index is 1530. The van der Waals surface area contributed by atoms with Crippen molar-refractivity contribution in [3.63, 3.8) is 0 Å². The fraction of sp³-hybridized carbons (Fsp3) is 0.154. The van der Waals surface area contributed by atoms with E-state index in [2.05, 4.69) is 10.4 Å². The van der Waals surface area contributed by atoms with Gasteiger partial charge in [-0.15, -0.1) is 11.3 Å². The van der Waals surface area contributed by atoms with Gasteiger partial charge in [0.05, 0.1) is 29.9 Å². The Morgan fingerprint density at radius 3 is 2.59 bits per heavy atom. The number of thiophene rings is 1. The zero-order valence-electron chi connectivity index (χ0n) is 19.1. The first-order chi connectivity index (χ1) is 17.7. The molecule has 3 heterocycles. The van der Waals surface area contributed by atoms with Gasteiger partial charge in [0.1, 0.15) is 10.6 Å². The Morgan fingerprint density at radius 1 is 1.11 bits per heavy atom. The van der Waals surface area contributed by atoms with E-state index < -0.39 is 17.0 Å². The molecule has 1 N–H and O–H groups in total. The number of rotatable bonds is 5. The molecule has 0 spiro atoms. The number of carbonyl (C=O) groups excluding carboxylic acids is 2. The Morgan fingerprint density at radius 2 is 1.89 bits per heavy atom. The second-order valence-corrected chi connectivity index (χ2v) is 9.51. The summed E-state index contributed by atoms with van der Waals surface area (Å²) in [5.41, 5.74) is 2.51. The van der Waals surface area contributed by atoms with Crippen LogP contribution in [0.2, 0.25) is 0 Å². The maximum atomic E-state index is 13.4. The van der Waals surface area contributed by atoms with Gasteiger partial charge >= 0.3 is 6.18 Å². The van der Waals surface area contributed by atoms with E-state index in [0.29, 0.717) is 52.7 Å². The molecule has 0 saturated heterocycles. The van der Waals surface area contributed by atoms with Gasteiger partial charge in [-0.1, -0.05) is 18.2 Å². The largest absolute Gasteiger partial charge is 0.425 e. The monoisotopic (exact) mass is 521 g/mol. The number of amides is 2. The third-order valence-electron chi connectivity index (χ3n) is 5.88. The minimum atomic E-state index is -4.36. The van der Waals surface area contributed by atoms with Crippen molar-refractivity contribution in [3.05, 3.63) is 99.0 Å². The molecule has 186 valence electrons. The fourth-order valence-electron chi connectivity index (χ4n) is 4.10. The van der Waals surface area contributed by atoms with Crippen molar-refractivity contribution in [1.82, 2.24) is 9.78 Å². The molecule has 2 aromatic heterocycles. The first kappa shape index (κ1) is 24.3. The lowest BCUT2D eigenvalue weighted by molar-refractivity contribution is -0.134. The number of nitrogens with one attached hydrogen (secondary N) is 1. The molecular weight excluding hydrogens is 503 g/mol. The molecule has 1 aliphatic rings. The molecule has 0 unspecified atom stereocenters. The summed E-state index contributed by atoms with van der Waals surface area (Å²) in [5, 5.41) is 16.0. The Hall–Kier alpha value is -4.43. The molecule has 7 nitrogen and oxygen atoms in total. The maximum absolute atomic E-state index is 13.4. The SMILES string of the molecule is N#Cc1cccc(NC(=O)c2cnn3c2C(=O)N(c2ccc(Cc4ccc(C(F)(F)F)s4)cc2)CC3)c1. The van der Waals surface area contributed by atoms with Crippen LogP contribution in [0.3, 0.4) is 0 Å². The number of alkyl halides is 3. The molecule has 37 heavy (non-hydrogen) atoms. The van der Waals surface area contributed by atoms with E-state index in [1.54, 1.807) is 47.4 Å². The summed E-state index contributed by atoms with van der Waals surface area (Å²) >= 11 is 0.714. The number of fused-ring (bicyclic) bond motifs is 1. The molecule has 0 atom stereocenters. The summed E-state index contributed by atoms with van der Waals surface area (Å²) in [6.07, 6.45) is -2.66. The van der Waals surface area contributed by atoms with Crippen molar-refractivity contribution in [1.29, 1.82) is 5.26 Å². The number of hydrogen-bond acceptors (Lipinski definition) is 5. The topological polar surface area (TPSA) is 91.0 Å². The van der Waals surface area contributed by atoms with E-state index in [4.69, 9.17) is 5.26 Å². The molecule has 0 fully saturated rings. The first-order valence-electron chi connectivity index (χ1n) is 11.2. The van der Waals surface area contributed by atoms with Gasteiger partial charge in [0.25, 0.3) is 11.8 Å². The predicted molar refractivity (Wildman–Crippen MR) is 132 cm³/mol. The van der Waals surface area contributed by atoms with Crippen LogP contribution < -0.4 is 10.2 Å². The predicted octanol–water partition coefficient (Wildman–Crippen LogP) is 5.34. The van der Waals surface area contributed by atoms with Crippen molar-refractivity contribution in [3.8, 4) is 6.07 Å².